The van der Waals surface area contributed by atoms with Crippen LogP contribution in [0.25, 0.3) is 11.0 Å². The third kappa shape index (κ3) is 3.23. The van der Waals surface area contributed by atoms with Gasteiger partial charge in [-0.15, -0.1) is 0 Å². The number of carbonyl (C=O) groups excluding carboxylic acids is 1. The van der Waals surface area contributed by atoms with Crippen molar-refractivity contribution in [2.45, 2.75) is 51.5 Å². The summed E-state index contributed by atoms with van der Waals surface area (Å²) in [5.41, 5.74) is 7.63. The molecule has 2 aromatic rings. The van der Waals surface area contributed by atoms with Gasteiger partial charge in [0.15, 0.2) is 0 Å². The Morgan fingerprint density at radius 2 is 2.22 bits per heavy atom. The second-order valence-electron chi connectivity index (χ2n) is 6.26. The lowest BCUT2D eigenvalue weighted by atomic mass is 10.2. The molecule has 6 heteroatoms. The van der Waals surface area contributed by atoms with Crippen LogP contribution in [0.3, 0.4) is 0 Å². The normalized spacial score (nSPS) is 21.2. The molecule has 3 N–H and O–H groups in total. The molecule has 0 radical (unpaired) electrons. The number of ether oxygens (including phenoxy) is 1. The predicted octanol–water partition coefficient (Wildman–Crippen LogP) is 1.74. The topological polar surface area (TPSA) is 82.2 Å². The van der Waals surface area contributed by atoms with Crippen LogP contribution >= 0.6 is 0 Å². The first-order valence-corrected chi connectivity index (χ1v) is 8.19. The molecule has 2 atom stereocenters. The van der Waals surface area contributed by atoms with Crippen molar-refractivity contribution < 1.29 is 9.53 Å². The summed E-state index contributed by atoms with van der Waals surface area (Å²) >= 11 is 0. The number of hydrogen-bond donors (Lipinski definition) is 2. The van der Waals surface area contributed by atoms with Gasteiger partial charge in [0.1, 0.15) is 11.9 Å². The second kappa shape index (κ2) is 6.68. The van der Waals surface area contributed by atoms with Gasteiger partial charge in [-0.2, -0.15) is 0 Å². The van der Waals surface area contributed by atoms with E-state index in [0.717, 1.165) is 29.7 Å². The molecule has 3 rings (SSSR count). The molecule has 1 aromatic carbocycles. The number of benzene rings is 1. The van der Waals surface area contributed by atoms with Crippen LogP contribution in [-0.2, 0) is 16.1 Å². The van der Waals surface area contributed by atoms with Gasteiger partial charge in [-0.3, -0.25) is 4.79 Å². The zero-order chi connectivity index (χ0) is 16.4. The molecule has 1 aliphatic rings. The fourth-order valence-corrected chi connectivity index (χ4v) is 3.15. The summed E-state index contributed by atoms with van der Waals surface area (Å²) in [5, 5.41) is 2.95. The Balaban J connectivity index is 1.72. The van der Waals surface area contributed by atoms with Gasteiger partial charge in [0.05, 0.1) is 23.7 Å². The monoisotopic (exact) mass is 316 g/mol. The van der Waals surface area contributed by atoms with E-state index in [2.05, 4.69) is 34.8 Å². The SMILES string of the molecule is CC(C)n1c(CNC(=O)[C@@H]2CC[C@H](CN)O2)nc2ccccc21. The molecule has 0 saturated carbocycles. The first-order chi connectivity index (χ1) is 11.1. The number of imidazole rings is 1. The Morgan fingerprint density at radius 3 is 2.91 bits per heavy atom. The number of para-hydroxylation sites is 2. The van der Waals surface area contributed by atoms with Crippen LogP contribution in [0.1, 0.15) is 38.6 Å². The van der Waals surface area contributed by atoms with E-state index in [0.29, 0.717) is 13.1 Å². The summed E-state index contributed by atoms with van der Waals surface area (Å²) in [4.78, 5) is 16.9. The van der Waals surface area contributed by atoms with Crippen LogP contribution in [0.4, 0.5) is 0 Å². The molecule has 0 bridgehead atoms. The number of amides is 1. The maximum absolute atomic E-state index is 12.3. The number of aromatic nitrogens is 2. The van der Waals surface area contributed by atoms with Crippen molar-refractivity contribution in [2.24, 2.45) is 5.73 Å². The lowest BCUT2D eigenvalue weighted by Gasteiger charge is -2.15. The molecule has 1 aromatic heterocycles. The minimum Gasteiger partial charge on any atom is -0.364 e. The summed E-state index contributed by atoms with van der Waals surface area (Å²) in [7, 11) is 0. The maximum Gasteiger partial charge on any atom is 0.249 e. The number of fused-ring (bicyclic) bond motifs is 1. The van der Waals surface area contributed by atoms with Crippen molar-refractivity contribution in [2.75, 3.05) is 6.54 Å². The average Bonchev–Trinajstić information content (AvgIpc) is 3.16. The number of nitrogens with one attached hydrogen (secondary N) is 1. The first-order valence-electron chi connectivity index (χ1n) is 8.19. The molecule has 1 aliphatic heterocycles. The minimum atomic E-state index is -0.388. The van der Waals surface area contributed by atoms with E-state index in [-0.39, 0.29) is 24.2 Å². The van der Waals surface area contributed by atoms with E-state index < -0.39 is 0 Å². The van der Waals surface area contributed by atoms with Gasteiger partial charge in [-0.25, -0.2) is 4.98 Å². The van der Waals surface area contributed by atoms with Crippen LogP contribution in [0.2, 0.25) is 0 Å². The minimum absolute atomic E-state index is 0.00554. The maximum atomic E-state index is 12.3. The van der Waals surface area contributed by atoms with Gasteiger partial charge in [0.25, 0.3) is 0 Å². The van der Waals surface area contributed by atoms with E-state index >= 15 is 0 Å². The third-order valence-electron chi connectivity index (χ3n) is 4.27. The van der Waals surface area contributed by atoms with Crippen molar-refractivity contribution in [3.63, 3.8) is 0 Å². The third-order valence-corrected chi connectivity index (χ3v) is 4.27. The number of nitrogens with zero attached hydrogens (tertiary/aromatic N) is 2. The molecule has 1 amide bonds. The van der Waals surface area contributed by atoms with E-state index in [1.54, 1.807) is 0 Å². The molecular formula is C17H24N4O2. The van der Waals surface area contributed by atoms with Crippen molar-refractivity contribution >= 4 is 16.9 Å². The average molecular weight is 316 g/mol. The van der Waals surface area contributed by atoms with Crippen LogP contribution in [-0.4, -0.2) is 34.2 Å². The first kappa shape index (κ1) is 16.0. The molecule has 0 unspecified atom stereocenters. The molecule has 6 nitrogen and oxygen atoms in total. The highest BCUT2D eigenvalue weighted by Crippen LogP contribution is 2.22. The molecule has 1 fully saturated rings. The van der Waals surface area contributed by atoms with Crippen LogP contribution in [0.5, 0.6) is 0 Å². The van der Waals surface area contributed by atoms with Crippen molar-refractivity contribution in [3.05, 3.63) is 30.1 Å². The lowest BCUT2D eigenvalue weighted by Crippen LogP contribution is -2.35. The number of hydrogen-bond acceptors (Lipinski definition) is 4. The quantitative estimate of drug-likeness (QED) is 0.880. The van der Waals surface area contributed by atoms with E-state index in [9.17, 15) is 4.79 Å². The molecular weight excluding hydrogens is 292 g/mol. The van der Waals surface area contributed by atoms with Gasteiger partial charge in [0, 0.05) is 12.6 Å². The van der Waals surface area contributed by atoms with E-state index in [1.807, 2.05) is 18.2 Å². The fourth-order valence-electron chi connectivity index (χ4n) is 3.15. The van der Waals surface area contributed by atoms with Gasteiger partial charge in [-0.1, -0.05) is 12.1 Å². The van der Waals surface area contributed by atoms with Gasteiger partial charge >= 0.3 is 0 Å². The number of nitrogens with two attached hydrogens (primary N) is 1. The molecule has 0 spiro atoms. The highest BCUT2D eigenvalue weighted by atomic mass is 16.5. The smallest absolute Gasteiger partial charge is 0.249 e. The Morgan fingerprint density at radius 1 is 1.43 bits per heavy atom. The predicted molar refractivity (Wildman–Crippen MR) is 88.9 cm³/mol. The highest BCUT2D eigenvalue weighted by Gasteiger charge is 2.29. The van der Waals surface area contributed by atoms with Gasteiger partial charge in [0.2, 0.25) is 5.91 Å². The number of carbonyl (C=O) groups is 1. The molecule has 124 valence electrons. The van der Waals surface area contributed by atoms with Crippen molar-refractivity contribution in [3.8, 4) is 0 Å². The number of rotatable bonds is 5. The second-order valence-corrected chi connectivity index (χ2v) is 6.26. The van der Waals surface area contributed by atoms with Gasteiger partial charge < -0.3 is 20.4 Å². The lowest BCUT2D eigenvalue weighted by molar-refractivity contribution is -0.132. The van der Waals surface area contributed by atoms with Crippen LogP contribution in [0, 0.1) is 0 Å². The zero-order valence-electron chi connectivity index (χ0n) is 13.7. The standard InChI is InChI=1S/C17H24N4O2/c1-11(2)21-14-6-4-3-5-13(14)20-16(21)10-19-17(22)15-8-7-12(9-18)23-15/h3-6,11-12,15H,7-10,18H2,1-2H3,(H,19,22)/t12-,15+/m1/s1. The van der Waals surface area contributed by atoms with Crippen LogP contribution < -0.4 is 11.1 Å². The summed E-state index contributed by atoms with van der Waals surface area (Å²) < 4.78 is 7.79. The molecule has 0 aliphatic carbocycles. The van der Waals surface area contributed by atoms with E-state index in [4.69, 9.17) is 10.5 Å². The Labute approximate surface area is 136 Å². The summed E-state index contributed by atoms with van der Waals surface area (Å²) in [5.74, 6) is 0.784. The fraction of sp³-hybridized carbons (Fsp3) is 0.529. The van der Waals surface area contributed by atoms with Crippen molar-refractivity contribution in [1.82, 2.24) is 14.9 Å². The highest BCUT2D eigenvalue weighted by molar-refractivity contribution is 5.81. The Bertz CT molecular complexity index is 695. The largest absolute Gasteiger partial charge is 0.364 e. The molecule has 2 heterocycles. The summed E-state index contributed by atoms with van der Waals surface area (Å²) in [6.07, 6.45) is 1.19. The van der Waals surface area contributed by atoms with Crippen molar-refractivity contribution in [1.29, 1.82) is 0 Å². The summed E-state index contributed by atoms with van der Waals surface area (Å²) in [6, 6.07) is 8.30. The molecule has 23 heavy (non-hydrogen) atoms. The van der Waals surface area contributed by atoms with Crippen LogP contribution in [0.15, 0.2) is 24.3 Å². The Kier molecular flexibility index (Phi) is 4.63. The summed E-state index contributed by atoms with van der Waals surface area (Å²) in [6.45, 7) is 5.10. The Hall–Kier alpha value is -1.92. The zero-order valence-corrected chi connectivity index (χ0v) is 13.7. The van der Waals surface area contributed by atoms with E-state index in [1.165, 1.54) is 0 Å². The molecule has 1 saturated heterocycles. The van der Waals surface area contributed by atoms with Gasteiger partial charge in [-0.05, 0) is 38.8 Å².